The van der Waals surface area contributed by atoms with Gasteiger partial charge in [0.15, 0.2) is 0 Å². The quantitative estimate of drug-likeness (QED) is 0.130. The summed E-state index contributed by atoms with van der Waals surface area (Å²) in [6.07, 6.45) is 14.0. The molecule has 3 heterocycles. The number of benzene rings is 3. The zero-order valence-corrected chi connectivity index (χ0v) is 32.0. The molecule has 2 N–H and O–H groups in total. The van der Waals surface area contributed by atoms with Crippen molar-refractivity contribution in [3.8, 4) is 11.4 Å². The second-order valence-electron chi connectivity index (χ2n) is 13.3. The predicted octanol–water partition coefficient (Wildman–Crippen LogP) is 11.1. The fourth-order valence-corrected chi connectivity index (χ4v) is 6.43. The molecule has 6 aromatic rings. The Morgan fingerprint density at radius 3 is 2.45 bits per heavy atom. The third kappa shape index (κ3) is 9.56. The molecular weight excluding hydrogens is 662 g/mol. The Labute approximate surface area is 312 Å². The highest BCUT2D eigenvalue weighted by atomic mass is 19.1. The molecule has 276 valence electrons. The van der Waals surface area contributed by atoms with Crippen LogP contribution >= 0.6 is 0 Å². The van der Waals surface area contributed by atoms with E-state index in [1.54, 1.807) is 22.8 Å². The first-order chi connectivity index (χ1) is 25.8. The van der Waals surface area contributed by atoms with Crippen LogP contribution in [0.4, 0.5) is 10.1 Å². The summed E-state index contributed by atoms with van der Waals surface area (Å²) in [5.41, 5.74) is 8.45. The van der Waals surface area contributed by atoms with Crippen LogP contribution in [0.15, 0.2) is 118 Å². The van der Waals surface area contributed by atoms with Gasteiger partial charge < -0.3 is 15.1 Å². The number of aryl methyl sites for hydroxylation is 1. The molecular formula is C45H52FN5O2. The van der Waals surface area contributed by atoms with E-state index in [0.29, 0.717) is 17.1 Å². The minimum Gasteiger partial charge on any atom is -0.456 e. The van der Waals surface area contributed by atoms with Gasteiger partial charge in [-0.3, -0.25) is 14.3 Å². The van der Waals surface area contributed by atoms with Gasteiger partial charge in [0.2, 0.25) is 0 Å². The van der Waals surface area contributed by atoms with Crippen molar-refractivity contribution in [1.29, 1.82) is 0 Å². The maximum Gasteiger partial charge on any atom is 0.277 e. The Morgan fingerprint density at radius 1 is 0.981 bits per heavy atom. The van der Waals surface area contributed by atoms with Crippen LogP contribution in [0.3, 0.4) is 0 Å². The smallest absolute Gasteiger partial charge is 0.277 e. The van der Waals surface area contributed by atoms with E-state index in [0.717, 1.165) is 53.3 Å². The van der Waals surface area contributed by atoms with E-state index < -0.39 is 5.82 Å². The number of pyridine rings is 1. The summed E-state index contributed by atoms with van der Waals surface area (Å²) in [4.78, 5) is 22.5. The molecule has 7 rings (SSSR count). The molecule has 1 fully saturated rings. The number of likely N-dealkylation sites (N-methyl/N-ethyl adjacent to an activating group) is 1. The van der Waals surface area contributed by atoms with Gasteiger partial charge in [-0.1, -0.05) is 86.9 Å². The van der Waals surface area contributed by atoms with Crippen molar-refractivity contribution in [3.63, 3.8) is 0 Å². The van der Waals surface area contributed by atoms with Gasteiger partial charge in [-0.05, 0) is 100 Å². The number of para-hydroxylation sites is 1. The van der Waals surface area contributed by atoms with Crippen molar-refractivity contribution in [1.82, 2.24) is 19.9 Å². The van der Waals surface area contributed by atoms with Crippen molar-refractivity contribution in [2.24, 2.45) is 0 Å². The number of anilines is 1. The van der Waals surface area contributed by atoms with E-state index in [-0.39, 0.29) is 17.6 Å². The number of halogens is 1. The van der Waals surface area contributed by atoms with Crippen molar-refractivity contribution in [3.05, 3.63) is 141 Å². The molecule has 0 bridgehead atoms. The molecule has 1 unspecified atom stereocenters. The predicted molar refractivity (Wildman–Crippen MR) is 219 cm³/mol. The normalized spacial score (nSPS) is 13.4. The van der Waals surface area contributed by atoms with Crippen molar-refractivity contribution >= 4 is 33.7 Å². The summed E-state index contributed by atoms with van der Waals surface area (Å²) >= 11 is 0. The number of hydrogen-bond acceptors (Lipinski definition) is 6. The minimum absolute atomic E-state index is 0.164. The number of allylic oxidation sites excluding steroid dienone is 2. The average molecular weight is 714 g/mol. The maximum absolute atomic E-state index is 14.7. The topological polar surface area (TPSA) is 85.0 Å². The van der Waals surface area contributed by atoms with Gasteiger partial charge in [0.1, 0.15) is 28.5 Å². The highest BCUT2D eigenvalue weighted by molar-refractivity contribution is 6.05. The van der Waals surface area contributed by atoms with E-state index >= 15 is 0 Å². The Bertz CT molecular complexity index is 2260. The molecule has 1 aliphatic carbocycles. The van der Waals surface area contributed by atoms with Crippen LogP contribution in [0, 0.1) is 5.82 Å². The van der Waals surface area contributed by atoms with E-state index in [2.05, 4.69) is 58.7 Å². The van der Waals surface area contributed by atoms with Gasteiger partial charge >= 0.3 is 0 Å². The molecule has 7 nitrogen and oxygen atoms in total. The van der Waals surface area contributed by atoms with Gasteiger partial charge in [-0.25, -0.2) is 9.37 Å². The maximum atomic E-state index is 14.7. The lowest BCUT2D eigenvalue weighted by Gasteiger charge is -2.20. The summed E-state index contributed by atoms with van der Waals surface area (Å²) in [5.74, 6) is -0.0771. The Hall–Kier alpha value is -5.34. The number of nitrogens with zero attached hydrogens (tertiary/aromatic N) is 3. The van der Waals surface area contributed by atoms with E-state index in [1.165, 1.54) is 41.0 Å². The zero-order valence-electron chi connectivity index (χ0n) is 32.0. The number of nitrogens with one attached hydrogen (secondary N) is 2. The number of furan rings is 1. The first-order valence-corrected chi connectivity index (χ1v) is 18.8. The molecule has 8 heteroatoms. The summed E-state index contributed by atoms with van der Waals surface area (Å²) in [5, 5.41) is 8.59. The highest BCUT2D eigenvalue weighted by Crippen LogP contribution is 2.33. The first kappa shape index (κ1) is 38.9. The average Bonchev–Trinajstić information content (AvgIpc) is 3.91. The second-order valence-corrected chi connectivity index (χ2v) is 13.3. The highest BCUT2D eigenvalue weighted by Gasteiger charge is 2.22. The lowest BCUT2D eigenvalue weighted by Crippen LogP contribution is -2.28. The van der Waals surface area contributed by atoms with Gasteiger partial charge in [-0.2, -0.15) is 0 Å². The van der Waals surface area contributed by atoms with E-state index in [1.807, 2.05) is 83.5 Å². The molecule has 1 aliphatic rings. The van der Waals surface area contributed by atoms with Crippen LogP contribution in [0.2, 0.25) is 0 Å². The molecule has 3 aromatic heterocycles. The number of rotatable bonds is 11. The summed E-state index contributed by atoms with van der Waals surface area (Å²) in [6, 6.07) is 22.1. The first-order valence-electron chi connectivity index (χ1n) is 18.8. The zero-order chi connectivity index (χ0) is 37.9. The third-order valence-electron chi connectivity index (χ3n) is 9.13. The fourth-order valence-electron chi connectivity index (χ4n) is 6.43. The molecule has 0 radical (unpaired) electrons. The van der Waals surface area contributed by atoms with Crippen LogP contribution in [-0.4, -0.2) is 28.1 Å². The molecule has 0 aliphatic heterocycles. The SMILES string of the molecule is CC.CC(Nc1cnc(-c2ccccc2F)n([C@@H](C)C=C2CC2)c1=O)c1ccc2oc3ccccc3c2c1.CCCc1ccncc1/C=C(\C)CNC. The van der Waals surface area contributed by atoms with Crippen LogP contribution in [0.1, 0.15) is 89.6 Å². The van der Waals surface area contributed by atoms with Crippen molar-refractivity contribution in [2.45, 2.75) is 79.3 Å². The molecule has 3 aromatic carbocycles. The van der Waals surface area contributed by atoms with Gasteiger partial charge in [0, 0.05) is 35.8 Å². The molecule has 0 amide bonds. The van der Waals surface area contributed by atoms with Crippen LogP contribution in [-0.2, 0) is 6.42 Å². The van der Waals surface area contributed by atoms with Crippen LogP contribution in [0.5, 0.6) is 0 Å². The summed E-state index contributed by atoms with van der Waals surface area (Å²) in [7, 11) is 1.97. The monoisotopic (exact) mass is 713 g/mol. The van der Waals surface area contributed by atoms with Gasteiger partial charge in [-0.15, -0.1) is 0 Å². The van der Waals surface area contributed by atoms with Crippen LogP contribution in [0.25, 0.3) is 39.4 Å². The lowest BCUT2D eigenvalue weighted by atomic mass is 10.0. The van der Waals surface area contributed by atoms with E-state index in [4.69, 9.17) is 4.42 Å². The molecule has 2 atom stereocenters. The Kier molecular flexibility index (Phi) is 13.5. The molecule has 0 saturated heterocycles. The number of aromatic nitrogens is 3. The lowest BCUT2D eigenvalue weighted by molar-refractivity contribution is 0.606. The van der Waals surface area contributed by atoms with Crippen molar-refractivity contribution in [2.75, 3.05) is 18.9 Å². The summed E-state index contributed by atoms with van der Waals surface area (Å²) < 4.78 is 22.2. The Morgan fingerprint density at radius 2 is 1.72 bits per heavy atom. The largest absolute Gasteiger partial charge is 0.456 e. The van der Waals surface area contributed by atoms with E-state index in [9.17, 15) is 9.18 Å². The molecule has 1 saturated carbocycles. The number of fused-ring (bicyclic) bond motifs is 3. The van der Waals surface area contributed by atoms with Crippen molar-refractivity contribution < 1.29 is 8.81 Å². The Balaban J connectivity index is 0.000000268. The molecule has 0 spiro atoms. The van der Waals surface area contributed by atoms with Crippen LogP contribution < -0.4 is 16.2 Å². The third-order valence-corrected chi connectivity index (χ3v) is 9.13. The van der Waals surface area contributed by atoms with Gasteiger partial charge in [0.25, 0.3) is 5.56 Å². The molecule has 53 heavy (non-hydrogen) atoms. The standard InChI is InChI=1S/C30H26FN3O2.C13H20N2.C2H6/c1-18(15-20-11-12-20)34-29(23-8-3-5-9-25(23)31)32-17-26(30(34)35)33-19(2)21-13-14-28-24(16-21)22-7-4-6-10-27(22)36-28;1-4-5-12-6-7-15-10-13(12)8-11(2)9-14-3;1-2/h3-10,13-19,33H,11-12H2,1-2H3;6-8,10,14H,4-5,9H2,1-3H3;1-2H3/b;11-8+;/t18-,19?;;/m0../s1. The number of hydrogen-bond donors (Lipinski definition) is 2. The van der Waals surface area contributed by atoms with Gasteiger partial charge in [0.05, 0.1) is 17.8 Å². The second kappa shape index (κ2) is 18.4. The minimum atomic E-state index is -0.404. The summed E-state index contributed by atoms with van der Waals surface area (Å²) in [6.45, 7) is 13.2. The fraction of sp³-hybridized carbons (Fsp3) is 0.311.